The molecule has 0 radical (unpaired) electrons. The van der Waals surface area contributed by atoms with Crippen LogP contribution in [0.15, 0.2) is 29.5 Å². The first-order valence-corrected chi connectivity index (χ1v) is 13.1. The standard InChI is InChI=1S/C27H26F2N10O2/c1-16(40)38-14-20-23(15-38)35(2)34-24(20)25-21(29)13-31-26(33-25)36-5-7-37(8-6-36)27(41)39-22(3-4-32-39)18-9-17(12-30)10-19(28)11-18/h4,9-11,13,22H,3,5-8,14-15H2,1-2H3. The zero-order chi connectivity index (χ0) is 28.8. The highest BCUT2D eigenvalue weighted by atomic mass is 19.1. The Morgan fingerprint density at radius 3 is 2.56 bits per heavy atom. The SMILES string of the molecule is CC(=O)N1Cc2c(-c3nc(N4CCN(C(=O)N5N=CCC5c5cc(F)cc(C#N)c5)CC4)ncc3F)nn(C)c2C1. The number of aryl methyl sites for hydroxylation is 1. The minimum absolute atomic E-state index is 0.0665. The molecular weight excluding hydrogens is 534 g/mol. The van der Waals surface area contributed by atoms with E-state index in [1.54, 1.807) is 33.8 Å². The van der Waals surface area contributed by atoms with E-state index in [1.165, 1.54) is 18.0 Å². The Morgan fingerprint density at radius 1 is 1.05 bits per heavy atom. The van der Waals surface area contributed by atoms with Gasteiger partial charge in [-0.15, -0.1) is 0 Å². The summed E-state index contributed by atoms with van der Waals surface area (Å²) in [6.45, 7) is 3.71. The molecular formula is C27H26F2N10O2. The van der Waals surface area contributed by atoms with Gasteiger partial charge >= 0.3 is 6.03 Å². The van der Waals surface area contributed by atoms with Gasteiger partial charge in [-0.1, -0.05) is 0 Å². The van der Waals surface area contributed by atoms with Gasteiger partial charge in [-0.25, -0.2) is 28.6 Å². The Balaban J connectivity index is 1.16. The van der Waals surface area contributed by atoms with Gasteiger partial charge in [-0.2, -0.15) is 15.5 Å². The number of rotatable bonds is 3. The number of amides is 3. The van der Waals surface area contributed by atoms with Crippen molar-refractivity contribution in [1.29, 1.82) is 5.26 Å². The number of carbonyl (C=O) groups is 2. The van der Waals surface area contributed by atoms with Crippen LogP contribution in [-0.4, -0.2) is 78.9 Å². The van der Waals surface area contributed by atoms with Crippen molar-refractivity contribution in [3.63, 3.8) is 0 Å². The summed E-state index contributed by atoms with van der Waals surface area (Å²) in [7, 11) is 1.76. The number of aromatic nitrogens is 4. The van der Waals surface area contributed by atoms with Crippen molar-refractivity contribution in [2.75, 3.05) is 31.1 Å². The third-order valence-corrected chi connectivity index (χ3v) is 7.66. The van der Waals surface area contributed by atoms with Crippen LogP contribution < -0.4 is 4.90 Å². The van der Waals surface area contributed by atoms with Crippen molar-refractivity contribution < 1.29 is 18.4 Å². The molecule has 3 amide bonds. The van der Waals surface area contributed by atoms with E-state index in [9.17, 15) is 23.6 Å². The monoisotopic (exact) mass is 560 g/mol. The van der Waals surface area contributed by atoms with Crippen molar-refractivity contribution in [3.05, 3.63) is 58.4 Å². The lowest BCUT2D eigenvalue weighted by Crippen LogP contribution is -2.52. The van der Waals surface area contributed by atoms with Gasteiger partial charge in [0.15, 0.2) is 5.82 Å². The molecule has 3 aromatic rings. The number of fused-ring (bicyclic) bond motifs is 1. The first-order valence-electron chi connectivity index (χ1n) is 13.1. The molecule has 1 atom stereocenters. The molecule has 1 fully saturated rings. The van der Waals surface area contributed by atoms with E-state index in [-0.39, 0.29) is 23.2 Å². The number of benzene rings is 1. The second-order valence-corrected chi connectivity index (χ2v) is 10.2. The quantitative estimate of drug-likeness (QED) is 0.482. The molecule has 0 spiro atoms. The maximum absolute atomic E-state index is 15.0. The fraction of sp³-hybridized carbons (Fsp3) is 0.370. The molecule has 1 unspecified atom stereocenters. The van der Waals surface area contributed by atoms with Crippen LogP contribution in [0.4, 0.5) is 19.5 Å². The smallest absolute Gasteiger partial charge is 0.337 e. The highest BCUT2D eigenvalue weighted by Crippen LogP contribution is 2.34. The number of halogens is 2. The lowest BCUT2D eigenvalue weighted by Gasteiger charge is -2.37. The first-order chi connectivity index (χ1) is 19.7. The van der Waals surface area contributed by atoms with E-state index in [1.807, 2.05) is 11.0 Å². The van der Waals surface area contributed by atoms with Crippen LogP contribution in [0.2, 0.25) is 0 Å². The van der Waals surface area contributed by atoms with Crippen molar-refractivity contribution in [2.24, 2.45) is 12.1 Å². The van der Waals surface area contributed by atoms with E-state index in [0.29, 0.717) is 62.9 Å². The Bertz CT molecular complexity index is 1620. The molecule has 14 heteroatoms. The summed E-state index contributed by atoms with van der Waals surface area (Å²) in [5.74, 6) is -0.913. The van der Waals surface area contributed by atoms with E-state index >= 15 is 0 Å². The summed E-state index contributed by atoms with van der Waals surface area (Å²) >= 11 is 0. The van der Waals surface area contributed by atoms with Crippen molar-refractivity contribution in [2.45, 2.75) is 32.5 Å². The topological polar surface area (TPSA) is 127 Å². The fourth-order valence-corrected chi connectivity index (χ4v) is 5.47. The van der Waals surface area contributed by atoms with Gasteiger partial charge in [0.2, 0.25) is 11.9 Å². The number of anilines is 1. The van der Waals surface area contributed by atoms with Gasteiger partial charge in [0.25, 0.3) is 0 Å². The zero-order valence-corrected chi connectivity index (χ0v) is 22.5. The molecule has 0 bridgehead atoms. The molecule has 0 saturated carbocycles. The van der Waals surface area contributed by atoms with Gasteiger partial charge < -0.3 is 14.7 Å². The van der Waals surface area contributed by atoms with E-state index in [4.69, 9.17) is 0 Å². The Hall–Kier alpha value is -4.93. The van der Waals surface area contributed by atoms with Gasteiger partial charge in [-0.05, 0) is 23.8 Å². The molecule has 2 aromatic heterocycles. The fourth-order valence-electron chi connectivity index (χ4n) is 5.47. The number of carbonyl (C=O) groups excluding carboxylic acids is 2. The Morgan fingerprint density at radius 2 is 1.83 bits per heavy atom. The van der Waals surface area contributed by atoms with Crippen molar-refractivity contribution in [3.8, 4) is 17.5 Å². The van der Waals surface area contributed by atoms with E-state index in [0.717, 1.165) is 23.5 Å². The summed E-state index contributed by atoms with van der Waals surface area (Å²) in [5.41, 5.74) is 2.74. The average Bonchev–Trinajstić information content (AvgIpc) is 3.70. The summed E-state index contributed by atoms with van der Waals surface area (Å²) in [4.78, 5) is 39.2. The van der Waals surface area contributed by atoms with E-state index < -0.39 is 17.7 Å². The van der Waals surface area contributed by atoms with Crippen LogP contribution in [0.3, 0.4) is 0 Å². The van der Waals surface area contributed by atoms with Crippen molar-refractivity contribution in [1.82, 2.24) is 34.6 Å². The number of hydrazone groups is 1. The number of nitrogens with zero attached hydrogens (tertiary/aromatic N) is 10. The molecule has 6 rings (SSSR count). The summed E-state index contributed by atoms with van der Waals surface area (Å²) in [6, 6.07) is 5.14. The Kier molecular flexibility index (Phi) is 6.56. The molecule has 12 nitrogen and oxygen atoms in total. The normalized spacial score (nSPS) is 18.2. The largest absolute Gasteiger partial charge is 0.341 e. The predicted octanol–water partition coefficient (Wildman–Crippen LogP) is 2.56. The number of piperazine rings is 1. The van der Waals surface area contributed by atoms with Gasteiger partial charge in [0.05, 0.1) is 42.7 Å². The molecule has 210 valence electrons. The maximum atomic E-state index is 15.0. The summed E-state index contributed by atoms with van der Waals surface area (Å²) in [6.07, 6.45) is 3.13. The van der Waals surface area contributed by atoms with Crippen molar-refractivity contribution >= 4 is 24.1 Å². The van der Waals surface area contributed by atoms with Gasteiger partial charge in [0, 0.05) is 58.3 Å². The average molecular weight is 561 g/mol. The molecule has 3 aliphatic rings. The van der Waals surface area contributed by atoms with Gasteiger partial charge in [0.1, 0.15) is 17.2 Å². The van der Waals surface area contributed by atoms with Crippen LogP contribution in [-0.2, 0) is 24.9 Å². The number of nitriles is 1. The van der Waals surface area contributed by atoms with Crippen LogP contribution in [0.5, 0.6) is 0 Å². The summed E-state index contributed by atoms with van der Waals surface area (Å²) in [5, 5.41) is 19.2. The lowest BCUT2D eigenvalue weighted by molar-refractivity contribution is -0.129. The molecule has 1 saturated heterocycles. The predicted molar refractivity (Wildman–Crippen MR) is 142 cm³/mol. The zero-order valence-electron chi connectivity index (χ0n) is 22.5. The summed E-state index contributed by atoms with van der Waals surface area (Å²) < 4.78 is 30.7. The lowest BCUT2D eigenvalue weighted by atomic mass is 10.0. The molecule has 0 aliphatic carbocycles. The highest BCUT2D eigenvalue weighted by molar-refractivity contribution is 5.79. The number of hydrogen-bond donors (Lipinski definition) is 0. The maximum Gasteiger partial charge on any atom is 0.341 e. The third-order valence-electron chi connectivity index (χ3n) is 7.66. The second kappa shape index (κ2) is 10.2. The third kappa shape index (κ3) is 4.73. The van der Waals surface area contributed by atoms with Gasteiger partial charge in [-0.3, -0.25) is 9.48 Å². The number of urea groups is 1. The molecule has 3 aliphatic heterocycles. The Labute approximate surface area is 234 Å². The molecule has 41 heavy (non-hydrogen) atoms. The first kappa shape index (κ1) is 26.3. The molecule has 0 N–H and O–H groups in total. The second-order valence-electron chi connectivity index (χ2n) is 10.2. The molecule has 5 heterocycles. The van der Waals surface area contributed by atoms with E-state index in [2.05, 4.69) is 20.2 Å². The number of hydrogen-bond acceptors (Lipinski definition) is 8. The highest BCUT2D eigenvalue weighted by Gasteiger charge is 2.35. The molecule has 1 aromatic carbocycles. The minimum atomic E-state index is -0.612. The van der Waals surface area contributed by atoms with Crippen LogP contribution in [0.1, 0.15) is 41.8 Å². The minimum Gasteiger partial charge on any atom is -0.337 e. The van der Waals surface area contributed by atoms with Crippen LogP contribution in [0.25, 0.3) is 11.4 Å². The van der Waals surface area contributed by atoms with Crippen LogP contribution in [0, 0.1) is 23.0 Å². The van der Waals surface area contributed by atoms with Crippen LogP contribution >= 0.6 is 0 Å².